The van der Waals surface area contributed by atoms with Gasteiger partial charge in [-0.1, -0.05) is 20.3 Å². The SMILES string of the molecule is CC(C)C(=O)OCC(=O)Nc1ccc(S(=O)(=O)N2CCCCC2)cc1. The van der Waals surface area contributed by atoms with Crippen molar-refractivity contribution >= 4 is 27.6 Å². The van der Waals surface area contributed by atoms with Crippen molar-refractivity contribution in [2.24, 2.45) is 5.92 Å². The Hall–Kier alpha value is -1.93. The van der Waals surface area contributed by atoms with Crippen LogP contribution in [0.5, 0.6) is 0 Å². The van der Waals surface area contributed by atoms with Crippen LogP contribution in [0.25, 0.3) is 0 Å². The fourth-order valence-corrected chi connectivity index (χ4v) is 3.98. The third-order valence-electron chi connectivity index (χ3n) is 3.91. The van der Waals surface area contributed by atoms with Crippen LogP contribution in [0.4, 0.5) is 5.69 Å². The Balaban J connectivity index is 1.95. The summed E-state index contributed by atoms with van der Waals surface area (Å²) < 4.78 is 31.4. The van der Waals surface area contributed by atoms with Gasteiger partial charge in [-0.05, 0) is 37.1 Å². The highest BCUT2D eigenvalue weighted by Gasteiger charge is 2.25. The number of benzene rings is 1. The topological polar surface area (TPSA) is 92.8 Å². The number of anilines is 1. The Morgan fingerprint density at radius 1 is 1.12 bits per heavy atom. The molecule has 1 heterocycles. The number of nitrogens with one attached hydrogen (secondary N) is 1. The average Bonchev–Trinajstić information content (AvgIpc) is 2.60. The molecular weight excluding hydrogens is 344 g/mol. The lowest BCUT2D eigenvalue weighted by Gasteiger charge is -2.25. The van der Waals surface area contributed by atoms with Gasteiger partial charge in [0.05, 0.1) is 10.8 Å². The number of amides is 1. The van der Waals surface area contributed by atoms with E-state index in [0.29, 0.717) is 18.8 Å². The summed E-state index contributed by atoms with van der Waals surface area (Å²) in [5.74, 6) is -1.22. The molecule has 0 aromatic heterocycles. The van der Waals surface area contributed by atoms with E-state index >= 15 is 0 Å². The lowest BCUT2D eigenvalue weighted by molar-refractivity contribution is -0.150. The molecular formula is C17H24N2O5S. The summed E-state index contributed by atoms with van der Waals surface area (Å²) in [4.78, 5) is 23.3. The number of ether oxygens (including phenoxy) is 1. The van der Waals surface area contributed by atoms with Crippen LogP contribution in [0.2, 0.25) is 0 Å². The standard InChI is InChI=1S/C17H24N2O5S/c1-13(2)17(21)24-12-16(20)18-14-6-8-15(9-7-14)25(22,23)19-10-4-3-5-11-19/h6-9,13H,3-5,10-12H2,1-2H3,(H,18,20). The minimum Gasteiger partial charge on any atom is -0.455 e. The second-order valence-electron chi connectivity index (χ2n) is 6.30. The van der Waals surface area contributed by atoms with Crippen molar-refractivity contribution in [3.63, 3.8) is 0 Å². The van der Waals surface area contributed by atoms with E-state index in [1.165, 1.54) is 28.6 Å². The zero-order valence-corrected chi connectivity index (χ0v) is 15.3. The largest absolute Gasteiger partial charge is 0.455 e. The fourth-order valence-electron chi connectivity index (χ4n) is 2.46. The van der Waals surface area contributed by atoms with Crippen LogP contribution in [-0.2, 0) is 24.3 Å². The molecule has 1 aromatic carbocycles. The van der Waals surface area contributed by atoms with Crippen LogP contribution in [0, 0.1) is 5.92 Å². The van der Waals surface area contributed by atoms with Crippen molar-refractivity contribution in [3.8, 4) is 0 Å². The molecule has 25 heavy (non-hydrogen) atoms. The Morgan fingerprint density at radius 2 is 1.72 bits per heavy atom. The molecule has 0 aliphatic carbocycles. The smallest absolute Gasteiger partial charge is 0.308 e. The molecule has 1 N–H and O–H groups in total. The predicted octanol–water partition coefficient (Wildman–Crippen LogP) is 2.00. The first-order valence-electron chi connectivity index (χ1n) is 8.37. The molecule has 1 fully saturated rings. The highest BCUT2D eigenvalue weighted by atomic mass is 32.2. The maximum atomic E-state index is 12.5. The fraction of sp³-hybridized carbons (Fsp3) is 0.529. The normalized spacial score (nSPS) is 15.8. The summed E-state index contributed by atoms with van der Waals surface area (Å²) in [6, 6.07) is 6.00. The van der Waals surface area contributed by atoms with Gasteiger partial charge in [-0.3, -0.25) is 9.59 Å². The first-order chi connectivity index (χ1) is 11.8. The summed E-state index contributed by atoms with van der Waals surface area (Å²) in [5.41, 5.74) is 0.447. The molecule has 138 valence electrons. The lowest BCUT2D eigenvalue weighted by atomic mass is 10.2. The maximum Gasteiger partial charge on any atom is 0.308 e. The Bertz CT molecular complexity index is 707. The zero-order valence-electron chi connectivity index (χ0n) is 14.5. The molecule has 0 spiro atoms. The van der Waals surface area contributed by atoms with Crippen molar-refractivity contribution < 1.29 is 22.7 Å². The van der Waals surface area contributed by atoms with Gasteiger partial charge in [0.25, 0.3) is 5.91 Å². The van der Waals surface area contributed by atoms with Gasteiger partial charge in [-0.15, -0.1) is 0 Å². The van der Waals surface area contributed by atoms with Crippen molar-refractivity contribution in [3.05, 3.63) is 24.3 Å². The molecule has 0 bridgehead atoms. The Labute approximate surface area is 148 Å². The maximum absolute atomic E-state index is 12.5. The average molecular weight is 368 g/mol. The zero-order chi connectivity index (χ0) is 18.4. The third-order valence-corrected chi connectivity index (χ3v) is 5.82. The van der Waals surface area contributed by atoms with Crippen LogP contribution >= 0.6 is 0 Å². The van der Waals surface area contributed by atoms with Gasteiger partial charge < -0.3 is 10.1 Å². The van der Waals surface area contributed by atoms with Gasteiger partial charge in [0.15, 0.2) is 6.61 Å². The molecule has 0 atom stereocenters. The van der Waals surface area contributed by atoms with Crippen LogP contribution in [0.1, 0.15) is 33.1 Å². The molecule has 1 saturated heterocycles. The van der Waals surface area contributed by atoms with E-state index in [1.54, 1.807) is 13.8 Å². The van der Waals surface area contributed by atoms with E-state index in [-0.39, 0.29) is 17.4 Å². The minimum absolute atomic E-state index is 0.207. The number of hydrogen-bond donors (Lipinski definition) is 1. The minimum atomic E-state index is -3.49. The molecule has 1 aliphatic heterocycles. The van der Waals surface area contributed by atoms with Gasteiger partial charge in [0.2, 0.25) is 10.0 Å². The Kier molecular flexibility index (Phi) is 6.55. The van der Waals surface area contributed by atoms with Crippen molar-refractivity contribution in [2.75, 3.05) is 25.0 Å². The van der Waals surface area contributed by atoms with Gasteiger partial charge >= 0.3 is 5.97 Å². The van der Waals surface area contributed by atoms with E-state index in [4.69, 9.17) is 4.74 Å². The molecule has 2 rings (SSSR count). The molecule has 7 nitrogen and oxygen atoms in total. The van der Waals surface area contributed by atoms with E-state index in [0.717, 1.165) is 19.3 Å². The number of rotatable bonds is 6. The van der Waals surface area contributed by atoms with Crippen LogP contribution in [0.3, 0.4) is 0 Å². The number of piperidine rings is 1. The van der Waals surface area contributed by atoms with Crippen molar-refractivity contribution in [1.29, 1.82) is 0 Å². The predicted molar refractivity (Wildman–Crippen MR) is 93.5 cm³/mol. The summed E-state index contributed by atoms with van der Waals surface area (Å²) in [6.45, 7) is 4.08. The quantitative estimate of drug-likeness (QED) is 0.775. The molecule has 0 saturated carbocycles. The van der Waals surface area contributed by atoms with Gasteiger partial charge in [0.1, 0.15) is 0 Å². The van der Waals surface area contributed by atoms with Crippen LogP contribution in [0.15, 0.2) is 29.2 Å². The lowest BCUT2D eigenvalue weighted by Crippen LogP contribution is -2.35. The molecule has 1 amide bonds. The van der Waals surface area contributed by atoms with Gasteiger partial charge in [-0.25, -0.2) is 8.42 Å². The van der Waals surface area contributed by atoms with E-state index in [2.05, 4.69) is 5.32 Å². The third kappa shape index (κ3) is 5.27. The Morgan fingerprint density at radius 3 is 2.28 bits per heavy atom. The second kappa shape index (κ2) is 8.44. The molecule has 0 radical (unpaired) electrons. The number of carbonyl (C=O) groups excluding carboxylic acids is 2. The summed E-state index contributed by atoms with van der Waals surface area (Å²) in [7, 11) is -3.49. The summed E-state index contributed by atoms with van der Waals surface area (Å²) >= 11 is 0. The number of nitrogens with zero attached hydrogens (tertiary/aromatic N) is 1. The highest BCUT2D eigenvalue weighted by Crippen LogP contribution is 2.21. The molecule has 0 unspecified atom stereocenters. The first-order valence-corrected chi connectivity index (χ1v) is 9.81. The van der Waals surface area contributed by atoms with Gasteiger partial charge in [0, 0.05) is 18.8 Å². The summed E-state index contributed by atoms with van der Waals surface area (Å²) in [6.07, 6.45) is 2.81. The number of carbonyl (C=O) groups is 2. The van der Waals surface area contributed by atoms with Crippen LogP contribution < -0.4 is 5.32 Å². The summed E-state index contributed by atoms with van der Waals surface area (Å²) in [5, 5.41) is 2.57. The highest BCUT2D eigenvalue weighted by molar-refractivity contribution is 7.89. The number of esters is 1. The molecule has 8 heteroatoms. The molecule has 1 aromatic rings. The van der Waals surface area contributed by atoms with Crippen molar-refractivity contribution in [1.82, 2.24) is 4.31 Å². The van der Waals surface area contributed by atoms with Crippen LogP contribution in [-0.4, -0.2) is 44.3 Å². The van der Waals surface area contributed by atoms with E-state index < -0.39 is 21.9 Å². The second-order valence-corrected chi connectivity index (χ2v) is 8.24. The van der Waals surface area contributed by atoms with Gasteiger partial charge in [-0.2, -0.15) is 4.31 Å². The van der Waals surface area contributed by atoms with E-state index in [9.17, 15) is 18.0 Å². The monoisotopic (exact) mass is 368 g/mol. The number of hydrogen-bond acceptors (Lipinski definition) is 5. The van der Waals surface area contributed by atoms with Crippen molar-refractivity contribution in [2.45, 2.75) is 38.0 Å². The number of sulfonamides is 1. The molecule has 1 aliphatic rings. The van der Waals surface area contributed by atoms with E-state index in [1.807, 2.05) is 0 Å². The first kappa shape index (κ1) is 19.4.